The van der Waals surface area contributed by atoms with Crippen LogP contribution in [0.4, 0.5) is 14.5 Å². The van der Waals surface area contributed by atoms with E-state index in [4.69, 9.17) is 4.74 Å². The van der Waals surface area contributed by atoms with Crippen molar-refractivity contribution in [2.24, 2.45) is 7.05 Å². The van der Waals surface area contributed by atoms with Crippen LogP contribution in [0.5, 0.6) is 5.75 Å². The first-order valence-electron chi connectivity index (χ1n) is 8.52. The first kappa shape index (κ1) is 21.3. The van der Waals surface area contributed by atoms with Crippen molar-refractivity contribution in [1.82, 2.24) is 14.8 Å². The number of nitrogens with zero attached hydrogens (tertiary/aromatic N) is 3. The Morgan fingerprint density at radius 3 is 2.66 bits per heavy atom. The molecule has 3 aromatic rings. The third-order valence-electron chi connectivity index (χ3n) is 3.90. The second-order valence-electron chi connectivity index (χ2n) is 6.07. The van der Waals surface area contributed by atoms with Crippen molar-refractivity contribution in [3.63, 3.8) is 0 Å². The fourth-order valence-corrected chi connectivity index (χ4v) is 3.47. The summed E-state index contributed by atoms with van der Waals surface area (Å²) in [7, 11) is 1.77. The summed E-state index contributed by atoms with van der Waals surface area (Å²) in [6.07, 6.45) is -0.356. The molecule has 3 rings (SSSR count). The number of carbonyl (C=O) groups excluding carboxylic acids is 1. The molecule has 29 heavy (non-hydrogen) atoms. The zero-order chi connectivity index (χ0) is 21.0. The van der Waals surface area contributed by atoms with Crippen molar-refractivity contribution in [3.8, 4) is 5.75 Å². The highest BCUT2D eigenvalue weighted by Gasteiger charge is 2.18. The quantitative estimate of drug-likeness (QED) is 0.493. The number of carbonyl (C=O) groups is 1. The minimum atomic E-state index is -0.830. The Labute approximate surface area is 178 Å². The highest BCUT2D eigenvalue weighted by Crippen LogP contribution is 2.25. The summed E-state index contributed by atoms with van der Waals surface area (Å²) in [6.45, 7) is 1.85. The summed E-state index contributed by atoms with van der Waals surface area (Å²) in [5, 5.41) is 11.1. The smallest absolute Gasteiger partial charge is 0.234 e. The van der Waals surface area contributed by atoms with E-state index in [2.05, 4.69) is 31.4 Å². The minimum Gasteiger partial charge on any atom is -0.483 e. The molecule has 0 saturated heterocycles. The predicted molar refractivity (Wildman–Crippen MR) is 110 cm³/mol. The van der Waals surface area contributed by atoms with Crippen molar-refractivity contribution in [2.45, 2.75) is 18.2 Å². The first-order chi connectivity index (χ1) is 13.8. The van der Waals surface area contributed by atoms with Gasteiger partial charge in [0.2, 0.25) is 5.91 Å². The number of hydrogen-bond donors (Lipinski definition) is 1. The summed E-state index contributed by atoms with van der Waals surface area (Å²) < 4.78 is 35.1. The third kappa shape index (κ3) is 5.54. The molecular weight excluding hydrogens is 466 g/mol. The molecule has 0 fully saturated rings. The molecule has 0 aliphatic carbocycles. The highest BCUT2D eigenvalue weighted by molar-refractivity contribution is 9.10. The van der Waals surface area contributed by atoms with Gasteiger partial charge in [0.25, 0.3) is 0 Å². The fraction of sp³-hybridized carbons (Fsp3) is 0.211. The van der Waals surface area contributed by atoms with E-state index >= 15 is 0 Å². The molecule has 152 valence electrons. The summed E-state index contributed by atoms with van der Waals surface area (Å²) >= 11 is 4.52. The average Bonchev–Trinajstić information content (AvgIpc) is 3.05. The summed E-state index contributed by atoms with van der Waals surface area (Å²) in [6, 6.07) is 10.4. The van der Waals surface area contributed by atoms with Gasteiger partial charge in [-0.25, -0.2) is 8.78 Å². The van der Waals surface area contributed by atoms with Crippen LogP contribution in [0, 0.1) is 11.6 Å². The molecule has 1 amide bonds. The minimum absolute atomic E-state index is 0.00919. The van der Waals surface area contributed by atoms with E-state index in [9.17, 15) is 13.6 Å². The molecule has 2 aromatic carbocycles. The summed E-state index contributed by atoms with van der Waals surface area (Å²) in [5.74, 6) is -0.697. The molecule has 0 saturated carbocycles. The Hall–Kier alpha value is -2.46. The third-order valence-corrected chi connectivity index (χ3v) is 5.45. The van der Waals surface area contributed by atoms with Gasteiger partial charge in [-0.3, -0.25) is 4.79 Å². The van der Waals surface area contributed by atoms with Crippen LogP contribution in [0.25, 0.3) is 0 Å². The molecule has 0 aliphatic heterocycles. The van der Waals surface area contributed by atoms with Gasteiger partial charge < -0.3 is 14.6 Å². The lowest BCUT2D eigenvalue weighted by atomic mass is 10.3. The van der Waals surface area contributed by atoms with E-state index in [-0.39, 0.29) is 17.5 Å². The average molecular weight is 483 g/mol. The number of amides is 1. The molecule has 0 aliphatic rings. The number of nitrogens with one attached hydrogen (secondary N) is 1. The van der Waals surface area contributed by atoms with Gasteiger partial charge in [-0.1, -0.05) is 27.7 Å². The number of benzene rings is 2. The Balaban J connectivity index is 1.58. The molecule has 1 aromatic heterocycles. The van der Waals surface area contributed by atoms with Crippen LogP contribution >= 0.6 is 27.7 Å². The maximum atomic E-state index is 13.6. The number of hydrogen-bond acceptors (Lipinski definition) is 5. The SMILES string of the molecule is CC(Oc1ccc(Br)cc1)c1nnc(SCC(=O)Nc2ccc(F)cc2F)n1C. The van der Waals surface area contributed by atoms with Crippen molar-refractivity contribution in [3.05, 3.63) is 64.4 Å². The number of anilines is 1. The van der Waals surface area contributed by atoms with Crippen LogP contribution in [0.1, 0.15) is 18.9 Å². The summed E-state index contributed by atoms with van der Waals surface area (Å²) in [4.78, 5) is 12.1. The molecule has 1 heterocycles. The Morgan fingerprint density at radius 1 is 1.24 bits per heavy atom. The topological polar surface area (TPSA) is 69.0 Å². The van der Waals surface area contributed by atoms with Crippen LogP contribution in [0.15, 0.2) is 52.1 Å². The Bertz CT molecular complexity index is 1010. The van der Waals surface area contributed by atoms with Gasteiger partial charge in [0, 0.05) is 17.6 Å². The summed E-state index contributed by atoms with van der Waals surface area (Å²) in [5.41, 5.74) is -0.0767. The van der Waals surface area contributed by atoms with Crippen LogP contribution in [0.3, 0.4) is 0 Å². The van der Waals surface area contributed by atoms with Gasteiger partial charge in [-0.05, 0) is 43.3 Å². The molecule has 1 atom stereocenters. The molecule has 1 N–H and O–H groups in total. The zero-order valence-corrected chi connectivity index (χ0v) is 17.9. The number of ether oxygens (including phenoxy) is 1. The van der Waals surface area contributed by atoms with Crippen molar-refractivity contribution < 1.29 is 18.3 Å². The van der Waals surface area contributed by atoms with Crippen LogP contribution in [0.2, 0.25) is 0 Å². The van der Waals surface area contributed by atoms with E-state index in [0.717, 1.165) is 22.3 Å². The number of aromatic nitrogens is 3. The lowest BCUT2D eigenvalue weighted by Crippen LogP contribution is -2.16. The van der Waals surface area contributed by atoms with E-state index < -0.39 is 17.5 Å². The number of halogens is 3. The Morgan fingerprint density at radius 2 is 1.97 bits per heavy atom. The van der Waals surface area contributed by atoms with Crippen LogP contribution < -0.4 is 10.1 Å². The maximum Gasteiger partial charge on any atom is 0.234 e. The number of rotatable bonds is 7. The standard InChI is InChI=1S/C19H17BrF2N4O2S/c1-11(28-14-6-3-12(20)4-7-14)18-24-25-19(26(18)2)29-10-17(27)23-16-8-5-13(21)9-15(16)22/h3-9,11H,10H2,1-2H3,(H,23,27). The van der Waals surface area contributed by atoms with Gasteiger partial charge in [-0.2, -0.15) is 0 Å². The number of thioether (sulfide) groups is 1. The highest BCUT2D eigenvalue weighted by atomic mass is 79.9. The van der Waals surface area contributed by atoms with Crippen molar-refractivity contribution in [1.29, 1.82) is 0 Å². The molecule has 0 radical (unpaired) electrons. The van der Waals surface area contributed by atoms with E-state index in [1.54, 1.807) is 11.6 Å². The lowest BCUT2D eigenvalue weighted by molar-refractivity contribution is -0.113. The van der Waals surface area contributed by atoms with Gasteiger partial charge in [0.05, 0.1) is 11.4 Å². The van der Waals surface area contributed by atoms with Gasteiger partial charge in [0.1, 0.15) is 17.4 Å². The molecular formula is C19H17BrF2N4O2S. The van der Waals surface area contributed by atoms with Crippen molar-refractivity contribution in [2.75, 3.05) is 11.1 Å². The van der Waals surface area contributed by atoms with E-state index in [1.807, 2.05) is 31.2 Å². The van der Waals surface area contributed by atoms with Gasteiger partial charge >= 0.3 is 0 Å². The second kappa shape index (κ2) is 9.36. The predicted octanol–water partition coefficient (Wildman–Crippen LogP) is 4.73. The first-order valence-corrected chi connectivity index (χ1v) is 10.3. The van der Waals surface area contributed by atoms with Crippen LogP contribution in [-0.4, -0.2) is 26.4 Å². The molecule has 1 unspecified atom stereocenters. The molecule has 0 spiro atoms. The van der Waals surface area contributed by atoms with Crippen LogP contribution in [-0.2, 0) is 11.8 Å². The monoisotopic (exact) mass is 482 g/mol. The molecule has 6 nitrogen and oxygen atoms in total. The largest absolute Gasteiger partial charge is 0.483 e. The van der Waals surface area contributed by atoms with Crippen molar-refractivity contribution >= 4 is 39.3 Å². The maximum absolute atomic E-state index is 13.6. The van der Waals surface area contributed by atoms with Gasteiger partial charge in [0.15, 0.2) is 17.1 Å². The fourth-order valence-electron chi connectivity index (χ4n) is 2.48. The van der Waals surface area contributed by atoms with E-state index in [0.29, 0.717) is 22.8 Å². The normalized spacial score (nSPS) is 11.9. The van der Waals surface area contributed by atoms with Gasteiger partial charge in [-0.15, -0.1) is 10.2 Å². The molecule has 0 bridgehead atoms. The second-order valence-corrected chi connectivity index (χ2v) is 7.93. The lowest BCUT2D eigenvalue weighted by Gasteiger charge is -2.14. The Kier molecular flexibility index (Phi) is 6.86. The molecule has 10 heteroatoms. The van der Waals surface area contributed by atoms with E-state index in [1.165, 1.54) is 6.07 Å². The zero-order valence-electron chi connectivity index (χ0n) is 15.5.